The Bertz CT molecular complexity index is 479. The van der Waals surface area contributed by atoms with Crippen LogP contribution in [0.2, 0.25) is 0 Å². The number of aromatic nitrogens is 2. The van der Waals surface area contributed by atoms with E-state index in [2.05, 4.69) is 9.55 Å². The van der Waals surface area contributed by atoms with Gasteiger partial charge in [-0.2, -0.15) is 0 Å². The smallest absolute Gasteiger partial charge is 0.140 e. The van der Waals surface area contributed by atoms with Crippen molar-refractivity contribution in [2.75, 3.05) is 13.7 Å². The van der Waals surface area contributed by atoms with E-state index in [1.807, 2.05) is 36.7 Å². The number of nitrogens with zero attached hydrogens (tertiary/aromatic N) is 2. The molecule has 4 nitrogen and oxygen atoms in total. The van der Waals surface area contributed by atoms with E-state index in [1.165, 1.54) is 0 Å². The number of rotatable bonds is 5. The summed E-state index contributed by atoms with van der Waals surface area (Å²) in [5, 5.41) is 0. The van der Waals surface area contributed by atoms with Gasteiger partial charge >= 0.3 is 0 Å². The van der Waals surface area contributed by atoms with Gasteiger partial charge in [0.25, 0.3) is 0 Å². The maximum atomic E-state index is 5.53. The van der Waals surface area contributed by atoms with E-state index in [-0.39, 0.29) is 0 Å². The van der Waals surface area contributed by atoms with Gasteiger partial charge in [-0.05, 0) is 25.1 Å². The third-order valence-corrected chi connectivity index (χ3v) is 2.65. The van der Waals surface area contributed by atoms with Crippen LogP contribution < -0.4 is 10.5 Å². The maximum absolute atomic E-state index is 5.53. The number of imidazole rings is 1. The first-order valence-electron chi connectivity index (χ1n) is 5.71. The van der Waals surface area contributed by atoms with E-state index in [9.17, 15) is 0 Å². The average Bonchev–Trinajstić information content (AvgIpc) is 2.84. The summed E-state index contributed by atoms with van der Waals surface area (Å²) in [5.74, 6) is 1.80. The van der Waals surface area contributed by atoms with Gasteiger partial charge in [0.2, 0.25) is 0 Å². The van der Waals surface area contributed by atoms with Crippen LogP contribution in [0.5, 0.6) is 5.75 Å². The summed E-state index contributed by atoms with van der Waals surface area (Å²) in [6.07, 6.45) is 4.74. The summed E-state index contributed by atoms with van der Waals surface area (Å²) in [4.78, 5) is 4.38. The van der Waals surface area contributed by atoms with Crippen LogP contribution in [-0.2, 0) is 6.54 Å². The van der Waals surface area contributed by atoms with Gasteiger partial charge in [-0.15, -0.1) is 0 Å². The first-order valence-corrected chi connectivity index (χ1v) is 5.71. The second kappa shape index (κ2) is 5.50. The summed E-state index contributed by atoms with van der Waals surface area (Å²) in [6, 6.07) is 7.91. The van der Waals surface area contributed by atoms with Crippen LogP contribution in [0.1, 0.15) is 6.42 Å². The highest BCUT2D eigenvalue weighted by molar-refractivity contribution is 5.58. The Morgan fingerprint density at radius 2 is 2.29 bits per heavy atom. The van der Waals surface area contributed by atoms with Gasteiger partial charge in [0.15, 0.2) is 0 Å². The molecule has 4 heteroatoms. The van der Waals surface area contributed by atoms with Crippen molar-refractivity contribution < 1.29 is 4.74 Å². The Balaban J connectivity index is 2.28. The monoisotopic (exact) mass is 231 g/mol. The molecule has 0 atom stereocenters. The topological polar surface area (TPSA) is 53.1 Å². The molecule has 0 spiro atoms. The van der Waals surface area contributed by atoms with Crippen molar-refractivity contribution in [1.82, 2.24) is 9.55 Å². The number of methoxy groups -OCH3 is 1. The molecule has 0 bridgehead atoms. The summed E-state index contributed by atoms with van der Waals surface area (Å²) in [7, 11) is 1.67. The van der Waals surface area contributed by atoms with Crippen molar-refractivity contribution in [2.24, 2.45) is 5.73 Å². The first kappa shape index (κ1) is 11.7. The van der Waals surface area contributed by atoms with Gasteiger partial charge in [-0.25, -0.2) is 4.98 Å². The predicted molar refractivity (Wildman–Crippen MR) is 67.9 cm³/mol. The van der Waals surface area contributed by atoms with Gasteiger partial charge in [-0.1, -0.05) is 12.1 Å². The molecule has 0 aliphatic carbocycles. The normalized spacial score (nSPS) is 10.5. The molecule has 90 valence electrons. The third kappa shape index (κ3) is 2.65. The van der Waals surface area contributed by atoms with Gasteiger partial charge in [-0.3, -0.25) is 0 Å². The molecule has 0 saturated heterocycles. The lowest BCUT2D eigenvalue weighted by molar-refractivity contribution is 0.415. The van der Waals surface area contributed by atoms with E-state index < -0.39 is 0 Å². The molecule has 0 aliphatic rings. The van der Waals surface area contributed by atoms with Gasteiger partial charge < -0.3 is 15.0 Å². The van der Waals surface area contributed by atoms with E-state index in [0.29, 0.717) is 6.54 Å². The fraction of sp³-hybridized carbons (Fsp3) is 0.308. The van der Waals surface area contributed by atoms with Gasteiger partial charge in [0.1, 0.15) is 11.6 Å². The molecule has 1 heterocycles. The van der Waals surface area contributed by atoms with Gasteiger partial charge in [0, 0.05) is 24.5 Å². The lowest BCUT2D eigenvalue weighted by Crippen LogP contribution is -2.06. The van der Waals surface area contributed by atoms with Crippen LogP contribution in [0, 0.1) is 0 Å². The predicted octanol–water partition coefficient (Wildman–Crippen LogP) is 1.91. The number of nitrogens with two attached hydrogens (primary N) is 1. The van der Waals surface area contributed by atoms with Crippen LogP contribution in [0.4, 0.5) is 0 Å². The lowest BCUT2D eigenvalue weighted by atomic mass is 10.2. The van der Waals surface area contributed by atoms with Crippen molar-refractivity contribution in [3.8, 4) is 17.1 Å². The van der Waals surface area contributed by atoms with Crippen molar-refractivity contribution >= 4 is 0 Å². The molecule has 2 rings (SSSR count). The summed E-state index contributed by atoms with van der Waals surface area (Å²) in [6.45, 7) is 1.58. The molecule has 0 radical (unpaired) electrons. The minimum absolute atomic E-state index is 0.690. The van der Waals surface area contributed by atoms with Crippen LogP contribution in [0.25, 0.3) is 11.4 Å². The van der Waals surface area contributed by atoms with Crippen LogP contribution in [-0.4, -0.2) is 23.2 Å². The average molecular weight is 231 g/mol. The second-order valence-corrected chi connectivity index (χ2v) is 3.82. The van der Waals surface area contributed by atoms with Crippen molar-refractivity contribution in [3.05, 3.63) is 36.7 Å². The third-order valence-electron chi connectivity index (χ3n) is 2.65. The highest BCUT2D eigenvalue weighted by Crippen LogP contribution is 2.22. The quantitative estimate of drug-likeness (QED) is 0.855. The zero-order valence-electron chi connectivity index (χ0n) is 9.97. The SMILES string of the molecule is COc1cccc(-c2nccn2CCCN)c1. The molecule has 0 aliphatic heterocycles. The molecule has 17 heavy (non-hydrogen) atoms. The molecular weight excluding hydrogens is 214 g/mol. The van der Waals surface area contributed by atoms with Crippen molar-refractivity contribution in [1.29, 1.82) is 0 Å². The highest BCUT2D eigenvalue weighted by Gasteiger charge is 2.06. The van der Waals surface area contributed by atoms with Crippen LogP contribution in [0.15, 0.2) is 36.7 Å². The first-order chi connectivity index (χ1) is 8.35. The summed E-state index contributed by atoms with van der Waals surface area (Å²) < 4.78 is 7.33. The maximum Gasteiger partial charge on any atom is 0.140 e. The Morgan fingerprint density at radius 1 is 1.41 bits per heavy atom. The molecular formula is C13H17N3O. The van der Waals surface area contributed by atoms with Crippen molar-refractivity contribution in [2.45, 2.75) is 13.0 Å². The van der Waals surface area contributed by atoms with E-state index in [1.54, 1.807) is 7.11 Å². The van der Waals surface area contributed by atoms with Crippen molar-refractivity contribution in [3.63, 3.8) is 0 Å². The zero-order valence-corrected chi connectivity index (χ0v) is 9.97. The molecule has 2 aromatic rings. The van der Waals surface area contributed by atoms with Crippen LogP contribution >= 0.6 is 0 Å². The number of aryl methyl sites for hydroxylation is 1. The lowest BCUT2D eigenvalue weighted by Gasteiger charge is -2.08. The zero-order chi connectivity index (χ0) is 12.1. The Morgan fingerprint density at radius 3 is 3.06 bits per heavy atom. The number of benzene rings is 1. The van der Waals surface area contributed by atoms with E-state index >= 15 is 0 Å². The Kier molecular flexibility index (Phi) is 3.77. The largest absolute Gasteiger partial charge is 0.497 e. The standard InChI is InChI=1S/C13H17N3O/c1-17-12-5-2-4-11(10-12)13-15-7-9-16(13)8-3-6-14/h2,4-5,7,9-10H,3,6,8,14H2,1H3. The van der Waals surface area contributed by atoms with Gasteiger partial charge in [0.05, 0.1) is 7.11 Å². The highest BCUT2D eigenvalue weighted by atomic mass is 16.5. The van der Waals surface area contributed by atoms with E-state index in [4.69, 9.17) is 10.5 Å². The number of hydrogen-bond acceptors (Lipinski definition) is 3. The molecule has 0 unspecified atom stereocenters. The minimum Gasteiger partial charge on any atom is -0.497 e. The van der Waals surface area contributed by atoms with E-state index in [0.717, 1.165) is 30.1 Å². The fourth-order valence-electron chi connectivity index (χ4n) is 1.77. The number of hydrogen-bond donors (Lipinski definition) is 1. The Hall–Kier alpha value is -1.81. The fourth-order valence-corrected chi connectivity index (χ4v) is 1.77. The molecule has 0 fully saturated rings. The summed E-state index contributed by atoms with van der Waals surface area (Å²) >= 11 is 0. The molecule has 2 N–H and O–H groups in total. The van der Waals surface area contributed by atoms with Crippen LogP contribution in [0.3, 0.4) is 0 Å². The molecule has 0 saturated carbocycles. The minimum atomic E-state index is 0.690. The molecule has 1 aromatic carbocycles. The second-order valence-electron chi connectivity index (χ2n) is 3.82. The molecule has 1 aromatic heterocycles. The Labute approximate surface area is 101 Å². The summed E-state index contributed by atoms with van der Waals surface area (Å²) in [5.41, 5.74) is 6.59. The number of ether oxygens (including phenoxy) is 1. The molecule has 0 amide bonds.